The molecule has 0 aliphatic heterocycles. The number of rotatable bonds is 8. The van der Waals surface area contributed by atoms with Crippen LogP contribution >= 0.6 is 0 Å². The van der Waals surface area contributed by atoms with E-state index in [9.17, 15) is 9.90 Å². The van der Waals surface area contributed by atoms with Crippen LogP contribution in [0.15, 0.2) is 41.5 Å². The third kappa shape index (κ3) is 7.04. The Labute approximate surface area is 138 Å². The number of ether oxygens (including phenoxy) is 1. The molecular formula is C19H26O4. The lowest BCUT2D eigenvalue weighted by Crippen LogP contribution is -2.13. The van der Waals surface area contributed by atoms with Crippen molar-refractivity contribution in [2.24, 2.45) is 0 Å². The van der Waals surface area contributed by atoms with Gasteiger partial charge >= 0.3 is 5.97 Å². The van der Waals surface area contributed by atoms with Gasteiger partial charge in [0.15, 0.2) is 0 Å². The van der Waals surface area contributed by atoms with Crippen molar-refractivity contribution in [3.63, 3.8) is 0 Å². The summed E-state index contributed by atoms with van der Waals surface area (Å²) in [6.07, 6.45) is 6.83. The summed E-state index contributed by atoms with van der Waals surface area (Å²) < 4.78 is 5.82. The quantitative estimate of drug-likeness (QED) is 0.666. The van der Waals surface area contributed by atoms with Crippen LogP contribution in [0.25, 0.3) is 0 Å². The molecule has 1 aromatic carbocycles. The van der Waals surface area contributed by atoms with E-state index in [4.69, 9.17) is 9.84 Å². The van der Waals surface area contributed by atoms with Gasteiger partial charge < -0.3 is 14.9 Å². The first-order valence-corrected chi connectivity index (χ1v) is 7.86. The molecule has 1 atom stereocenters. The van der Waals surface area contributed by atoms with Gasteiger partial charge in [0, 0.05) is 6.07 Å². The van der Waals surface area contributed by atoms with Crippen LogP contribution in [-0.2, 0) is 0 Å². The summed E-state index contributed by atoms with van der Waals surface area (Å²) in [6, 6.07) is 4.06. The predicted octanol–water partition coefficient (Wildman–Crippen LogP) is 4.94. The molecule has 1 aromatic rings. The van der Waals surface area contributed by atoms with E-state index in [1.807, 2.05) is 6.92 Å². The summed E-state index contributed by atoms with van der Waals surface area (Å²) in [5, 5.41) is 18.6. The maximum Gasteiger partial charge on any atom is 0.335 e. The zero-order chi connectivity index (χ0) is 17.4. The Bertz CT molecular complexity index is 595. The smallest absolute Gasteiger partial charge is 0.335 e. The number of allylic oxidation sites excluding steroid dienone is 3. The fraction of sp³-hybridized carbons (Fsp3) is 0.421. The highest BCUT2D eigenvalue weighted by molar-refractivity contribution is 5.88. The molecule has 0 amide bonds. The van der Waals surface area contributed by atoms with Crippen LogP contribution in [0.1, 0.15) is 57.3 Å². The van der Waals surface area contributed by atoms with E-state index >= 15 is 0 Å². The van der Waals surface area contributed by atoms with Crippen molar-refractivity contribution in [2.75, 3.05) is 0 Å². The maximum atomic E-state index is 11.0. The lowest BCUT2D eigenvalue weighted by atomic mass is 10.1. The summed E-state index contributed by atoms with van der Waals surface area (Å²) in [5.74, 6) is -0.839. The van der Waals surface area contributed by atoms with Crippen LogP contribution < -0.4 is 4.74 Å². The van der Waals surface area contributed by atoms with Gasteiger partial charge in [0.2, 0.25) is 0 Å². The molecule has 0 aliphatic carbocycles. The molecule has 1 unspecified atom stereocenters. The molecule has 0 fully saturated rings. The monoisotopic (exact) mass is 318 g/mol. The minimum absolute atomic E-state index is 0.0131. The molecule has 0 aliphatic rings. The predicted molar refractivity (Wildman–Crippen MR) is 92.2 cm³/mol. The van der Waals surface area contributed by atoms with Crippen LogP contribution in [0, 0.1) is 0 Å². The van der Waals surface area contributed by atoms with Gasteiger partial charge in [-0.3, -0.25) is 0 Å². The van der Waals surface area contributed by atoms with E-state index in [1.54, 1.807) is 0 Å². The Morgan fingerprint density at radius 3 is 2.52 bits per heavy atom. The number of phenolic OH excluding ortho intramolecular Hbond substituents is 1. The highest BCUT2D eigenvalue weighted by Gasteiger charge is 2.11. The Morgan fingerprint density at radius 1 is 1.26 bits per heavy atom. The van der Waals surface area contributed by atoms with Gasteiger partial charge in [-0.1, -0.05) is 24.1 Å². The second kappa shape index (κ2) is 9.03. The Balaban J connectivity index is 2.79. The van der Waals surface area contributed by atoms with E-state index in [0.29, 0.717) is 5.75 Å². The number of carboxylic acid groups (broad SMARTS) is 1. The summed E-state index contributed by atoms with van der Waals surface area (Å²) in [6.45, 7) is 8.24. The third-order valence-electron chi connectivity index (χ3n) is 3.39. The second-order valence-corrected chi connectivity index (χ2v) is 5.92. The summed E-state index contributed by atoms with van der Waals surface area (Å²) in [4.78, 5) is 11.0. The summed E-state index contributed by atoms with van der Waals surface area (Å²) >= 11 is 0. The molecule has 0 heterocycles. The third-order valence-corrected chi connectivity index (χ3v) is 3.39. The lowest BCUT2D eigenvalue weighted by Gasteiger charge is -2.16. The van der Waals surface area contributed by atoms with Gasteiger partial charge in [0.25, 0.3) is 0 Å². The zero-order valence-electron chi connectivity index (χ0n) is 14.3. The summed E-state index contributed by atoms with van der Waals surface area (Å²) in [5.41, 5.74) is 2.55. The number of aromatic carboxylic acids is 1. The number of hydrogen-bond acceptors (Lipinski definition) is 3. The Morgan fingerprint density at radius 2 is 1.96 bits per heavy atom. The van der Waals surface area contributed by atoms with Gasteiger partial charge in [-0.25, -0.2) is 4.79 Å². The van der Waals surface area contributed by atoms with Crippen LogP contribution in [0.5, 0.6) is 11.5 Å². The van der Waals surface area contributed by atoms with Crippen LogP contribution in [0.2, 0.25) is 0 Å². The molecule has 0 aromatic heterocycles. The number of carbonyl (C=O) groups is 1. The van der Waals surface area contributed by atoms with Gasteiger partial charge in [-0.15, -0.1) is 0 Å². The molecule has 4 heteroatoms. The average Bonchev–Trinajstić information content (AvgIpc) is 2.45. The average molecular weight is 318 g/mol. The number of phenols is 1. The lowest BCUT2D eigenvalue weighted by molar-refractivity contribution is 0.0695. The van der Waals surface area contributed by atoms with E-state index in [-0.39, 0.29) is 17.4 Å². The van der Waals surface area contributed by atoms with Crippen LogP contribution in [0.4, 0.5) is 0 Å². The van der Waals surface area contributed by atoms with Crippen molar-refractivity contribution >= 4 is 5.97 Å². The molecule has 0 saturated heterocycles. The van der Waals surface area contributed by atoms with Gasteiger partial charge in [-0.2, -0.15) is 0 Å². The topological polar surface area (TPSA) is 66.8 Å². The molecule has 0 radical (unpaired) electrons. The van der Waals surface area contributed by atoms with Crippen molar-refractivity contribution < 1.29 is 19.7 Å². The minimum atomic E-state index is -1.09. The van der Waals surface area contributed by atoms with E-state index in [2.05, 4.69) is 32.9 Å². The summed E-state index contributed by atoms with van der Waals surface area (Å²) in [7, 11) is 0. The number of hydrogen-bond donors (Lipinski definition) is 2. The van der Waals surface area contributed by atoms with Crippen molar-refractivity contribution in [3.8, 4) is 11.5 Å². The second-order valence-electron chi connectivity index (χ2n) is 5.92. The molecule has 0 bridgehead atoms. The molecule has 0 spiro atoms. The van der Waals surface area contributed by atoms with Gasteiger partial charge in [0.1, 0.15) is 17.6 Å². The first-order valence-electron chi connectivity index (χ1n) is 7.86. The van der Waals surface area contributed by atoms with E-state index < -0.39 is 5.97 Å². The highest BCUT2D eigenvalue weighted by atomic mass is 16.5. The van der Waals surface area contributed by atoms with Crippen molar-refractivity contribution in [3.05, 3.63) is 47.1 Å². The normalized spacial score (nSPS) is 12.6. The van der Waals surface area contributed by atoms with Crippen molar-refractivity contribution in [1.29, 1.82) is 0 Å². The van der Waals surface area contributed by atoms with Crippen LogP contribution in [-0.4, -0.2) is 22.3 Å². The number of benzene rings is 1. The van der Waals surface area contributed by atoms with Gasteiger partial charge in [-0.05, 0) is 58.2 Å². The fourth-order valence-electron chi connectivity index (χ4n) is 2.17. The molecule has 0 saturated carbocycles. The standard InChI is InChI=1S/C19H26O4/c1-5-17(9-14(4)8-6-7-13(2)3)23-18-11-15(19(21)22)10-16(20)12-18/h7,9-12,17,20H,5-6,8H2,1-4H3,(H,21,22)/b14-9+. The Kier molecular flexibility index (Phi) is 7.39. The Hall–Kier alpha value is -2.23. The zero-order valence-corrected chi connectivity index (χ0v) is 14.3. The molecule has 126 valence electrons. The van der Waals surface area contributed by atoms with Gasteiger partial charge in [0.05, 0.1) is 5.56 Å². The largest absolute Gasteiger partial charge is 0.508 e. The van der Waals surface area contributed by atoms with Crippen LogP contribution in [0.3, 0.4) is 0 Å². The molecular weight excluding hydrogens is 292 g/mol. The minimum Gasteiger partial charge on any atom is -0.508 e. The molecule has 23 heavy (non-hydrogen) atoms. The maximum absolute atomic E-state index is 11.0. The fourth-order valence-corrected chi connectivity index (χ4v) is 2.17. The molecule has 4 nitrogen and oxygen atoms in total. The molecule has 1 rings (SSSR count). The molecule has 2 N–H and O–H groups in total. The van der Waals surface area contributed by atoms with Crippen molar-refractivity contribution in [2.45, 2.75) is 53.1 Å². The van der Waals surface area contributed by atoms with Crippen molar-refractivity contribution in [1.82, 2.24) is 0 Å². The number of aromatic hydroxyl groups is 1. The number of carboxylic acids is 1. The first kappa shape index (κ1) is 18.8. The SMILES string of the molecule is CCC(/C=C(\C)CCC=C(C)C)Oc1cc(O)cc(C(=O)O)c1. The van der Waals surface area contributed by atoms with E-state index in [1.165, 1.54) is 29.3 Å². The highest BCUT2D eigenvalue weighted by Crippen LogP contribution is 2.24. The van der Waals surface area contributed by atoms with E-state index in [0.717, 1.165) is 19.3 Å². The first-order chi connectivity index (χ1) is 10.8.